The van der Waals surface area contributed by atoms with Crippen LogP contribution in [0.4, 0.5) is 0 Å². The Hall–Kier alpha value is -3.26. The Morgan fingerprint density at radius 1 is 0.447 bits per heavy atom. The van der Waals surface area contributed by atoms with Crippen molar-refractivity contribution < 1.29 is 18.9 Å². The summed E-state index contributed by atoms with van der Waals surface area (Å²) in [6.45, 7) is 7.68. The second-order valence-corrected chi connectivity index (χ2v) is 9.91. The summed E-state index contributed by atoms with van der Waals surface area (Å²) in [6.07, 6.45) is 0. The van der Waals surface area contributed by atoms with Crippen molar-refractivity contribution in [1.82, 2.24) is 14.7 Å². The Bertz CT molecular complexity index is 1000. The second kappa shape index (κ2) is 14.6. The molecule has 3 aromatic rings. The smallest absolute Gasteiger partial charge is 0.161 e. The van der Waals surface area contributed by atoms with Crippen molar-refractivity contribution in [3.8, 4) is 23.0 Å². The van der Waals surface area contributed by atoms with Gasteiger partial charge in [-0.2, -0.15) is 0 Å². The van der Waals surface area contributed by atoms with E-state index >= 15 is 0 Å². The monoisotopic (exact) mass is 519 g/mol. The lowest BCUT2D eigenvalue weighted by Crippen LogP contribution is -2.35. The Kier molecular flexibility index (Phi) is 10.7. The van der Waals surface area contributed by atoms with Crippen molar-refractivity contribution in [2.75, 3.05) is 73.7 Å². The number of para-hydroxylation sites is 2. The highest BCUT2D eigenvalue weighted by Gasteiger charge is 2.08. The summed E-state index contributed by atoms with van der Waals surface area (Å²) in [5.41, 5.74) is 2.55. The fourth-order valence-electron chi connectivity index (χ4n) is 4.27. The van der Waals surface area contributed by atoms with Crippen molar-refractivity contribution in [3.63, 3.8) is 0 Å². The molecule has 0 aromatic heterocycles. The van der Waals surface area contributed by atoms with Gasteiger partial charge in [-0.1, -0.05) is 36.4 Å². The number of ether oxygens (including phenoxy) is 4. The molecule has 4 heterocycles. The van der Waals surface area contributed by atoms with E-state index in [1.165, 1.54) is 11.1 Å². The minimum Gasteiger partial charge on any atom is -0.490 e. The molecular formula is C31H41N3O4. The van der Waals surface area contributed by atoms with Gasteiger partial charge in [-0.25, -0.2) is 0 Å². The minimum absolute atomic E-state index is 0.427. The van der Waals surface area contributed by atoms with Gasteiger partial charge in [0.2, 0.25) is 0 Å². The average molecular weight is 520 g/mol. The van der Waals surface area contributed by atoms with Crippen LogP contribution in [0.1, 0.15) is 11.1 Å². The van der Waals surface area contributed by atoms with Crippen molar-refractivity contribution in [2.45, 2.75) is 13.1 Å². The van der Waals surface area contributed by atoms with Crippen LogP contribution >= 0.6 is 0 Å². The van der Waals surface area contributed by atoms with Gasteiger partial charge in [0.15, 0.2) is 11.5 Å². The molecule has 204 valence electrons. The number of benzene rings is 3. The van der Waals surface area contributed by atoms with Gasteiger partial charge in [0.05, 0.1) is 0 Å². The van der Waals surface area contributed by atoms with Crippen molar-refractivity contribution >= 4 is 0 Å². The molecule has 7 nitrogen and oxygen atoms in total. The van der Waals surface area contributed by atoms with E-state index in [9.17, 15) is 0 Å². The molecule has 0 radical (unpaired) electrons. The van der Waals surface area contributed by atoms with E-state index in [2.05, 4.69) is 60.1 Å². The maximum absolute atomic E-state index is 5.94. The van der Waals surface area contributed by atoms with Crippen molar-refractivity contribution in [1.29, 1.82) is 0 Å². The Labute approximate surface area is 227 Å². The summed E-state index contributed by atoms with van der Waals surface area (Å²) in [7, 11) is 6.55. The average Bonchev–Trinajstić information content (AvgIpc) is 2.93. The summed E-state index contributed by atoms with van der Waals surface area (Å²) in [6, 6.07) is 24.3. The predicted octanol–water partition coefficient (Wildman–Crippen LogP) is 4.41. The second-order valence-electron chi connectivity index (χ2n) is 9.91. The molecule has 4 aliphatic rings. The molecule has 4 bridgehead atoms. The quantitative estimate of drug-likeness (QED) is 0.436. The lowest BCUT2D eigenvalue weighted by Gasteiger charge is -2.24. The molecule has 0 atom stereocenters. The summed E-state index contributed by atoms with van der Waals surface area (Å²) < 4.78 is 23.7. The van der Waals surface area contributed by atoms with Crippen LogP contribution in [-0.4, -0.2) is 88.4 Å². The van der Waals surface area contributed by atoms with Gasteiger partial charge in [-0.05, 0) is 68.7 Å². The van der Waals surface area contributed by atoms with Crippen LogP contribution in [0.3, 0.4) is 0 Å². The van der Waals surface area contributed by atoms with Crippen LogP contribution in [0.5, 0.6) is 23.0 Å². The zero-order valence-electron chi connectivity index (χ0n) is 23.0. The number of nitrogens with zero attached hydrogens (tertiary/aromatic N) is 3. The Morgan fingerprint density at radius 3 is 1.24 bits per heavy atom. The summed E-state index contributed by atoms with van der Waals surface area (Å²) in [4.78, 5) is 7.12. The Morgan fingerprint density at radius 2 is 0.816 bits per heavy atom. The largest absolute Gasteiger partial charge is 0.490 e. The van der Waals surface area contributed by atoms with E-state index in [0.29, 0.717) is 37.9 Å². The van der Waals surface area contributed by atoms with Gasteiger partial charge in [0.25, 0.3) is 0 Å². The highest BCUT2D eigenvalue weighted by molar-refractivity contribution is 5.39. The molecule has 0 aliphatic carbocycles. The summed E-state index contributed by atoms with van der Waals surface area (Å²) >= 11 is 0. The van der Waals surface area contributed by atoms with Crippen LogP contribution < -0.4 is 18.9 Å². The zero-order valence-corrected chi connectivity index (χ0v) is 23.0. The van der Waals surface area contributed by atoms with Gasteiger partial charge in [0.1, 0.15) is 37.9 Å². The van der Waals surface area contributed by atoms with Gasteiger partial charge >= 0.3 is 0 Å². The van der Waals surface area contributed by atoms with Crippen LogP contribution in [-0.2, 0) is 13.1 Å². The standard InChI is InChI=1S/C31H41N3O4/c1-32-16-18-33(2)24-26-8-12-28(13-9-26)35-20-22-37-30-6-4-5-7-31(30)38-23-21-36-29-14-10-27(11-15-29)25-34(3)19-17-32/h4-15H,16-25H2,1-3H3. The van der Waals surface area contributed by atoms with Gasteiger partial charge in [-0.3, -0.25) is 0 Å². The molecule has 3 aromatic carbocycles. The van der Waals surface area contributed by atoms with E-state index in [1.807, 2.05) is 48.5 Å². The summed E-state index contributed by atoms with van der Waals surface area (Å²) in [5, 5.41) is 0. The topological polar surface area (TPSA) is 46.6 Å². The van der Waals surface area contributed by atoms with Crippen LogP contribution in [0.15, 0.2) is 72.8 Å². The lowest BCUT2D eigenvalue weighted by atomic mass is 10.2. The first-order valence-electron chi connectivity index (χ1n) is 13.4. The van der Waals surface area contributed by atoms with Gasteiger partial charge in [0, 0.05) is 39.3 Å². The fraction of sp³-hybridized carbons (Fsp3) is 0.419. The maximum Gasteiger partial charge on any atom is 0.161 e. The molecule has 38 heavy (non-hydrogen) atoms. The number of likely N-dealkylation sites (N-methyl/N-ethyl adjacent to an activating group) is 3. The molecule has 0 N–H and O–H groups in total. The van der Waals surface area contributed by atoms with Crippen molar-refractivity contribution in [2.24, 2.45) is 0 Å². The molecule has 0 saturated carbocycles. The highest BCUT2D eigenvalue weighted by Crippen LogP contribution is 2.26. The first kappa shape index (κ1) is 27.8. The Balaban J connectivity index is 1.38. The van der Waals surface area contributed by atoms with Crippen LogP contribution in [0.25, 0.3) is 0 Å². The van der Waals surface area contributed by atoms with E-state index in [4.69, 9.17) is 18.9 Å². The molecular weight excluding hydrogens is 478 g/mol. The van der Waals surface area contributed by atoms with E-state index in [-0.39, 0.29) is 0 Å². The third-order valence-electron chi connectivity index (χ3n) is 6.55. The molecule has 0 spiro atoms. The zero-order chi connectivity index (χ0) is 26.6. The summed E-state index contributed by atoms with van der Waals surface area (Å²) in [5.74, 6) is 3.09. The van der Waals surface area contributed by atoms with E-state index in [0.717, 1.165) is 50.8 Å². The predicted molar refractivity (Wildman–Crippen MR) is 151 cm³/mol. The SMILES string of the molecule is CN1CCN(C)Cc2ccc(cc2)OCCOc2ccccc2OCCOc2ccc(cc2)CN(C)CC1. The third kappa shape index (κ3) is 9.24. The van der Waals surface area contributed by atoms with E-state index in [1.54, 1.807) is 0 Å². The molecule has 4 aliphatic heterocycles. The molecule has 0 amide bonds. The van der Waals surface area contributed by atoms with E-state index < -0.39 is 0 Å². The normalized spacial score (nSPS) is 17.9. The van der Waals surface area contributed by atoms with Crippen molar-refractivity contribution in [3.05, 3.63) is 83.9 Å². The molecule has 7 heteroatoms. The number of rotatable bonds is 0. The fourth-order valence-corrected chi connectivity index (χ4v) is 4.27. The van der Waals surface area contributed by atoms with Crippen LogP contribution in [0.2, 0.25) is 0 Å². The first-order valence-corrected chi connectivity index (χ1v) is 13.4. The van der Waals surface area contributed by atoms with Crippen LogP contribution in [0, 0.1) is 0 Å². The maximum atomic E-state index is 5.94. The molecule has 0 fully saturated rings. The highest BCUT2D eigenvalue weighted by atomic mass is 16.6. The molecule has 0 saturated heterocycles. The number of hydrogen-bond acceptors (Lipinski definition) is 7. The molecule has 7 rings (SSSR count). The third-order valence-corrected chi connectivity index (χ3v) is 6.55. The minimum atomic E-state index is 0.427. The number of hydrogen-bond donors (Lipinski definition) is 0. The van der Waals surface area contributed by atoms with Gasteiger partial charge in [-0.15, -0.1) is 0 Å². The van der Waals surface area contributed by atoms with Gasteiger partial charge < -0.3 is 33.6 Å². The first-order chi connectivity index (χ1) is 18.5. The lowest BCUT2D eigenvalue weighted by molar-refractivity contribution is 0.192. The molecule has 0 unspecified atom stereocenters.